The molecule has 1 spiro atoms. The summed E-state index contributed by atoms with van der Waals surface area (Å²) in [5.41, 5.74) is 1.73. The van der Waals surface area contributed by atoms with Crippen molar-refractivity contribution in [1.29, 1.82) is 5.41 Å². The second-order valence-corrected chi connectivity index (χ2v) is 9.50. The second kappa shape index (κ2) is 5.54. The highest BCUT2D eigenvalue weighted by molar-refractivity contribution is 5.94. The van der Waals surface area contributed by atoms with Gasteiger partial charge in [-0.3, -0.25) is 0 Å². The number of ether oxygens (including phenoxy) is 1. The topological polar surface area (TPSA) is 70.4 Å². The number of aliphatic hydroxyl groups is 1. The van der Waals surface area contributed by atoms with E-state index in [4.69, 9.17) is 10.1 Å². The van der Waals surface area contributed by atoms with Gasteiger partial charge in [-0.1, -0.05) is 12.5 Å². The van der Waals surface area contributed by atoms with Gasteiger partial charge in [-0.2, -0.15) is 0 Å². The number of aliphatic hydroxyl groups excluding tert-OH is 1. The van der Waals surface area contributed by atoms with Crippen LogP contribution in [0.1, 0.15) is 51.9 Å². The smallest absolute Gasteiger partial charge is 0.331 e. The van der Waals surface area contributed by atoms with Crippen molar-refractivity contribution < 1.29 is 14.6 Å². The van der Waals surface area contributed by atoms with Gasteiger partial charge in [0.25, 0.3) is 0 Å². The zero-order valence-electron chi connectivity index (χ0n) is 15.5. The van der Waals surface area contributed by atoms with Crippen LogP contribution in [0, 0.1) is 40.4 Å². The highest BCUT2D eigenvalue weighted by Gasteiger charge is 2.65. The van der Waals surface area contributed by atoms with E-state index in [1.54, 1.807) is 6.08 Å². The van der Waals surface area contributed by atoms with Gasteiger partial charge in [0.05, 0.1) is 0 Å². The van der Waals surface area contributed by atoms with Gasteiger partial charge in [0.1, 0.15) is 5.60 Å². The first kappa shape index (κ1) is 16.7. The molecule has 0 aromatic rings. The fraction of sp³-hybridized carbons (Fsp3) is 0.727. The molecular weight excluding hydrogens is 326 g/mol. The summed E-state index contributed by atoms with van der Waals surface area (Å²) in [5.74, 6) is 2.42. The number of fused-ring (bicyclic) bond motifs is 6. The van der Waals surface area contributed by atoms with E-state index in [9.17, 15) is 9.90 Å². The van der Waals surface area contributed by atoms with E-state index in [1.807, 2.05) is 0 Å². The Morgan fingerprint density at radius 1 is 1.27 bits per heavy atom. The molecule has 0 aromatic heterocycles. The van der Waals surface area contributed by atoms with Crippen LogP contribution < -0.4 is 0 Å². The first-order valence-electron chi connectivity index (χ1n) is 10.3. The van der Waals surface area contributed by atoms with E-state index in [1.165, 1.54) is 12.0 Å². The minimum absolute atomic E-state index is 0.0272. The maximum absolute atomic E-state index is 11.9. The predicted molar refractivity (Wildman–Crippen MR) is 98.7 cm³/mol. The van der Waals surface area contributed by atoms with Crippen LogP contribution in [-0.2, 0) is 9.53 Å². The lowest BCUT2D eigenvalue weighted by atomic mass is 9.49. The Hall–Kier alpha value is -1.42. The maximum Gasteiger partial charge on any atom is 0.331 e. The number of rotatable bonds is 1. The van der Waals surface area contributed by atoms with E-state index in [2.05, 4.69) is 19.1 Å². The van der Waals surface area contributed by atoms with Crippen molar-refractivity contribution in [2.24, 2.45) is 35.0 Å². The Morgan fingerprint density at radius 2 is 2.12 bits per heavy atom. The van der Waals surface area contributed by atoms with Gasteiger partial charge in [-0.25, -0.2) is 4.79 Å². The van der Waals surface area contributed by atoms with E-state index in [0.29, 0.717) is 23.7 Å². The molecule has 4 aliphatic carbocycles. The largest absolute Gasteiger partial charge is 0.451 e. The van der Waals surface area contributed by atoms with Gasteiger partial charge in [-0.05, 0) is 80.8 Å². The van der Waals surface area contributed by atoms with Crippen LogP contribution in [0.3, 0.4) is 0 Å². The molecule has 3 fully saturated rings. The third-order valence-electron chi connectivity index (χ3n) is 8.71. The lowest BCUT2D eigenvalue weighted by Crippen LogP contribution is -2.53. The van der Waals surface area contributed by atoms with E-state index in [0.717, 1.165) is 44.2 Å². The fourth-order valence-corrected chi connectivity index (χ4v) is 7.47. The monoisotopic (exact) mass is 355 g/mol. The van der Waals surface area contributed by atoms with Gasteiger partial charge in [0.15, 0.2) is 0 Å². The van der Waals surface area contributed by atoms with E-state index in [-0.39, 0.29) is 29.5 Å². The number of carbonyl (C=O) groups is 1. The molecule has 0 amide bonds. The molecule has 2 N–H and O–H groups in total. The van der Waals surface area contributed by atoms with Crippen LogP contribution in [0.2, 0.25) is 0 Å². The van der Waals surface area contributed by atoms with Crippen molar-refractivity contribution in [3.05, 3.63) is 23.8 Å². The molecular formula is C22H29NO3. The Balaban J connectivity index is 1.50. The van der Waals surface area contributed by atoms with Crippen LogP contribution in [0.5, 0.6) is 0 Å². The summed E-state index contributed by atoms with van der Waals surface area (Å²) in [4.78, 5) is 11.9. The summed E-state index contributed by atoms with van der Waals surface area (Å²) < 4.78 is 5.90. The Kier molecular flexibility index (Phi) is 3.57. The van der Waals surface area contributed by atoms with Crippen LogP contribution in [0.15, 0.2) is 23.8 Å². The summed E-state index contributed by atoms with van der Waals surface area (Å²) in [5, 5.41) is 18.1. The minimum Gasteiger partial charge on any atom is -0.451 e. The molecule has 1 heterocycles. The zero-order chi connectivity index (χ0) is 18.1. The second-order valence-electron chi connectivity index (χ2n) is 9.50. The number of hydrogen-bond donors (Lipinski definition) is 2. The van der Waals surface area contributed by atoms with E-state index < -0.39 is 0 Å². The van der Waals surface area contributed by atoms with Crippen molar-refractivity contribution >= 4 is 11.7 Å². The van der Waals surface area contributed by atoms with Crippen LogP contribution >= 0.6 is 0 Å². The number of carbonyl (C=O) groups excluding carboxylic acids is 1. The molecule has 140 valence electrons. The van der Waals surface area contributed by atoms with Crippen LogP contribution in [0.25, 0.3) is 0 Å². The molecule has 0 saturated heterocycles. The molecule has 0 bridgehead atoms. The standard InChI is InChI=1S/C22H29NO3/c1-21-7-4-16-15-3-2-14(23)11-17(15)13(12-24)10-18(16)19(21)5-8-22(21)9-6-20(25)26-22/h6,9,11,13,15-16,18-19,23-24H,2-5,7-8,10,12H2,1H3/t13?,15-,16?,18?,19?,21+,22-/m1/s1. The van der Waals surface area contributed by atoms with Gasteiger partial charge in [0.2, 0.25) is 0 Å². The highest BCUT2D eigenvalue weighted by Crippen LogP contribution is 2.67. The third-order valence-corrected chi connectivity index (χ3v) is 8.71. The first-order valence-corrected chi connectivity index (χ1v) is 10.3. The molecule has 4 unspecified atom stereocenters. The molecule has 3 saturated carbocycles. The number of allylic oxidation sites excluding steroid dienone is 1. The van der Waals surface area contributed by atoms with Crippen molar-refractivity contribution in [2.75, 3.05) is 6.61 Å². The lowest BCUT2D eigenvalue weighted by Gasteiger charge is -2.56. The molecule has 1 aliphatic heterocycles. The number of hydrogen-bond acceptors (Lipinski definition) is 4. The van der Waals surface area contributed by atoms with Gasteiger partial charge in [-0.15, -0.1) is 0 Å². The lowest BCUT2D eigenvalue weighted by molar-refractivity contribution is -0.161. The van der Waals surface area contributed by atoms with Crippen molar-refractivity contribution in [3.63, 3.8) is 0 Å². The van der Waals surface area contributed by atoms with Crippen molar-refractivity contribution in [1.82, 2.24) is 0 Å². The van der Waals surface area contributed by atoms with Gasteiger partial charge >= 0.3 is 5.97 Å². The first-order chi connectivity index (χ1) is 12.5. The minimum atomic E-state index is -0.390. The Morgan fingerprint density at radius 3 is 2.85 bits per heavy atom. The maximum atomic E-state index is 11.9. The zero-order valence-corrected chi connectivity index (χ0v) is 15.5. The summed E-state index contributed by atoms with van der Waals surface area (Å²) in [6.07, 6.45) is 13.1. The summed E-state index contributed by atoms with van der Waals surface area (Å²) in [6, 6.07) is 0. The van der Waals surface area contributed by atoms with E-state index >= 15 is 0 Å². The molecule has 0 aromatic carbocycles. The van der Waals surface area contributed by atoms with Crippen LogP contribution in [0.4, 0.5) is 0 Å². The summed E-state index contributed by atoms with van der Waals surface area (Å²) >= 11 is 0. The van der Waals surface area contributed by atoms with Crippen molar-refractivity contribution in [2.45, 2.75) is 57.5 Å². The Bertz CT molecular complexity index is 725. The average Bonchev–Trinajstić information content (AvgIpc) is 3.15. The van der Waals surface area contributed by atoms with Crippen LogP contribution in [-0.4, -0.2) is 29.0 Å². The molecule has 5 aliphatic rings. The molecule has 4 nitrogen and oxygen atoms in total. The van der Waals surface area contributed by atoms with Gasteiger partial charge < -0.3 is 15.3 Å². The predicted octanol–water partition coefficient (Wildman–Crippen LogP) is 3.65. The average molecular weight is 355 g/mol. The summed E-state index contributed by atoms with van der Waals surface area (Å²) in [7, 11) is 0. The molecule has 26 heavy (non-hydrogen) atoms. The SMILES string of the molecule is C[C@]12CCC3C(CC(CO)C4=CC(=N)CC[C@@H]43)C1CC[C@@]21C=CC(=O)O1. The third kappa shape index (κ3) is 2.05. The quantitative estimate of drug-likeness (QED) is 0.705. The number of esters is 1. The Labute approximate surface area is 155 Å². The van der Waals surface area contributed by atoms with Gasteiger partial charge in [0, 0.05) is 29.7 Å². The molecule has 0 radical (unpaired) electrons. The van der Waals surface area contributed by atoms with Crippen molar-refractivity contribution in [3.8, 4) is 0 Å². The molecule has 5 rings (SSSR count). The number of nitrogens with one attached hydrogen (secondary N) is 1. The normalized spacial score (nSPS) is 49.5. The molecule has 7 atom stereocenters. The summed E-state index contributed by atoms with van der Waals surface area (Å²) in [6.45, 7) is 2.54. The highest BCUT2D eigenvalue weighted by atomic mass is 16.6. The fourth-order valence-electron chi connectivity index (χ4n) is 7.47. The molecule has 4 heteroatoms.